The molecule has 0 bridgehead atoms. The fourth-order valence-electron chi connectivity index (χ4n) is 7.05. The molecule has 0 aromatic carbocycles. The Balaban J connectivity index is 3.91. The Bertz CT molecular complexity index is 823. The molecule has 8 heteroatoms. The SMILES string of the molecule is CCCCCCCCCCCCCCCCCCCCC(O)C(CS(=O)(=O)O)NC(=O)C(O)CCCCCCCCCCCCCCCCC. The average molecular weight is 732 g/mol. The van der Waals surface area contributed by atoms with E-state index in [1.54, 1.807) is 0 Å². The van der Waals surface area contributed by atoms with Crippen molar-refractivity contribution >= 4 is 16.0 Å². The van der Waals surface area contributed by atoms with Crippen LogP contribution in [-0.2, 0) is 14.9 Å². The Morgan fingerprint density at radius 3 is 1.00 bits per heavy atom. The Hall–Kier alpha value is -0.700. The van der Waals surface area contributed by atoms with Gasteiger partial charge >= 0.3 is 0 Å². The van der Waals surface area contributed by atoms with Gasteiger partial charge in [-0.2, -0.15) is 8.42 Å². The molecule has 300 valence electrons. The summed E-state index contributed by atoms with van der Waals surface area (Å²) in [5.41, 5.74) is 0. The normalized spacial score (nSPS) is 13.8. The minimum Gasteiger partial charge on any atom is -0.391 e. The Kier molecular flexibility index (Phi) is 36.1. The van der Waals surface area contributed by atoms with Gasteiger partial charge < -0.3 is 15.5 Å². The summed E-state index contributed by atoms with van der Waals surface area (Å²) >= 11 is 0. The number of aliphatic hydroxyl groups excluding tert-OH is 2. The Morgan fingerprint density at radius 1 is 0.460 bits per heavy atom. The lowest BCUT2D eigenvalue weighted by atomic mass is 10.0. The summed E-state index contributed by atoms with van der Waals surface area (Å²) in [5.74, 6) is -1.44. The summed E-state index contributed by atoms with van der Waals surface area (Å²) in [4.78, 5) is 12.6. The van der Waals surface area contributed by atoms with E-state index in [1.165, 1.54) is 167 Å². The first-order valence-electron chi connectivity index (χ1n) is 21.8. The molecular formula is C42H85NO6S. The van der Waals surface area contributed by atoms with E-state index in [-0.39, 0.29) is 0 Å². The summed E-state index contributed by atoms with van der Waals surface area (Å²) < 4.78 is 32.6. The minimum atomic E-state index is -4.40. The Labute approximate surface area is 311 Å². The summed E-state index contributed by atoms with van der Waals surface area (Å²) in [5, 5.41) is 23.6. The molecule has 3 unspecified atom stereocenters. The number of nitrogens with one attached hydrogen (secondary N) is 1. The van der Waals surface area contributed by atoms with Crippen molar-refractivity contribution in [1.29, 1.82) is 0 Å². The smallest absolute Gasteiger partial charge is 0.266 e. The predicted octanol–water partition coefficient (Wildman–Crippen LogP) is 11.8. The largest absolute Gasteiger partial charge is 0.391 e. The zero-order valence-corrected chi connectivity index (χ0v) is 34.0. The molecule has 4 N–H and O–H groups in total. The predicted molar refractivity (Wildman–Crippen MR) is 213 cm³/mol. The summed E-state index contributed by atoms with van der Waals surface area (Å²) in [6, 6.07) is -1.14. The van der Waals surface area contributed by atoms with Crippen molar-refractivity contribution in [2.45, 2.75) is 257 Å². The van der Waals surface area contributed by atoms with Crippen molar-refractivity contribution in [3.8, 4) is 0 Å². The molecule has 0 aromatic heterocycles. The molecule has 0 aromatic rings. The van der Waals surface area contributed by atoms with Crippen LogP contribution in [0.2, 0.25) is 0 Å². The molecule has 0 spiro atoms. The van der Waals surface area contributed by atoms with Gasteiger partial charge in [0.25, 0.3) is 10.1 Å². The van der Waals surface area contributed by atoms with Gasteiger partial charge in [-0.3, -0.25) is 9.35 Å². The van der Waals surface area contributed by atoms with Crippen molar-refractivity contribution < 1.29 is 28.0 Å². The summed E-state index contributed by atoms with van der Waals surface area (Å²) in [6.45, 7) is 4.52. The fraction of sp³-hybridized carbons (Fsp3) is 0.976. The highest BCUT2D eigenvalue weighted by Gasteiger charge is 2.28. The van der Waals surface area contributed by atoms with Crippen LogP contribution >= 0.6 is 0 Å². The van der Waals surface area contributed by atoms with Crippen LogP contribution in [0.25, 0.3) is 0 Å². The van der Waals surface area contributed by atoms with E-state index in [2.05, 4.69) is 19.2 Å². The van der Waals surface area contributed by atoms with Gasteiger partial charge in [0.05, 0.1) is 17.9 Å². The van der Waals surface area contributed by atoms with Crippen LogP contribution in [0.4, 0.5) is 0 Å². The quantitative estimate of drug-likeness (QED) is 0.0367. The van der Waals surface area contributed by atoms with Crippen LogP contribution in [-0.4, -0.2) is 53.1 Å². The molecular weight excluding hydrogens is 647 g/mol. The maximum Gasteiger partial charge on any atom is 0.266 e. The average Bonchev–Trinajstić information content (AvgIpc) is 3.08. The van der Waals surface area contributed by atoms with Crippen LogP contribution in [0.3, 0.4) is 0 Å². The highest BCUT2D eigenvalue weighted by atomic mass is 32.2. The molecule has 0 rings (SSSR count). The monoisotopic (exact) mass is 732 g/mol. The van der Waals surface area contributed by atoms with Crippen LogP contribution in [0, 0.1) is 0 Å². The molecule has 0 aliphatic rings. The zero-order valence-electron chi connectivity index (χ0n) is 33.2. The van der Waals surface area contributed by atoms with E-state index in [1.807, 2.05) is 0 Å². The third-order valence-corrected chi connectivity index (χ3v) is 11.2. The van der Waals surface area contributed by atoms with Crippen LogP contribution in [0.5, 0.6) is 0 Å². The second kappa shape index (κ2) is 36.6. The third-order valence-electron chi connectivity index (χ3n) is 10.4. The first-order valence-corrected chi connectivity index (χ1v) is 23.4. The van der Waals surface area contributed by atoms with Gasteiger partial charge in [-0.25, -0.2) is 0 Å². The summed E-state index contributed by atoms with van der Waals surface area (Å²) in [6.07, 6.45) is 39.7. The van der Waals surface area contributed by atoms with E-state index in [0.29, 0.717) is 12.8 Å². The van der Waals surface area contributed by atoms with E-state index >= 15 is 0 Å². The highest BCUT2D eigenvalue weighted by molar-refractivity contribution is 7.85. The molecule has 0 heterocycles. The maximum atomic E-state index is 12.6. The van der Waals surface area contributed by atoms with E-state index in [4.69, 9.17) is 0 Å². The molecule has 0 aliphatic carbocycles. The molecule has 1 amide bonds. The number of carbonyl (C=O) groups excluding carboxylic acids is 1. The van der Waals surface area contributed by atoms with Crippen LogP contribution < -0.4 is 5.32 Å². The second-order valence-corrected chi connectivity index (χ2v) is 17.0. The van der Waals surface area contributed by atoms with Crippen molar-refractivity contribution in [3.63, 3.8) is 0 Å². The van der Waals surface area contributed by atoms with Crippen molar-refractivity contribution in [2.24, 2.45) is 0 Å². The number of hydrogen-bond donors (Lipinski definition) is 4. The van der Waals surface area contributed by atoms with Gasteiger partial charge in [0.1, 0.15) is 6.10 Å². The molecule has 0 fully saturated rings. The number of hydrogen-bond acceptors (Lipinski definition) is 5. The van der Waals surface area contributed by atoms with E-state index < -0.39 is 40.0 Å². The molecule has 0 radical (unpaired) electrons. The van der Waals surface area contributed by atoms with E-state index in [9.17, 15) is 28.0 Å². The highest BCUT2D eigenvalue weighted by Crippen LogP contribution is 2.17. The van der Waals surface area contributed by atoms with Crippen LogP contribution in [0.15, 0.2) is 0 Å². The number of carbonyl (C=O) groups is 1. The molecule has 7 nitrogen and oxygen atoms in total. The number of rotatable bonds is 40. The number of unbranched alkanes of at least 4 members (excludes halogenated alkanes) is 31. The van der Waals surface area contributed by atoms with Gasteiger partial charge in [0.2, 0.25) is 5.91 Å². The Morgan fingerprint density at radius 2 is 0.720 bits per heavy atom. The van der Waals surface area contributed by atoms with E-state index in [0.717, 1.165) is 44.9 Å². The maximum absolute atomic E-state index is 12.6. The topological polar surface area (TPSA) is 124 Å². The number of aliphatic hydroxyl groups is 2. The van der Waals surface area contributed by atoms with Crippen LogP contribution in [0.1, 0.15) is 239 Å². The first kappa shape index (κ1) is 49.3. The van der Waals surface area contributed by atoms with Gasteiger partial charge in [0.15, 0.2) is 0 Å². The molecule has 50 heavy (non-hydrogen) atoms. The standard InChI is InChI=1S/C42H85NO6S/c1-3-5-7-9-11-13-15-17-19-20-21-23-24-26-28-30-32-34-36-40(44)39(38-50(47,48)49)43-42(46)41(45)37-35-33-31-29-27-25-22-18-16-14-12-10-8-6-4-2/h39-41,44-45H,3-38H2,1-2H3,(H,43,46)(H,47,48,49). The lowest BCUT2D eigenvalue weighted by Crippen LogP contribution is -2.50. The van der Waals surface area contributed by atoms with Crippen molar-refractivity contribution in [1.82, 2.24) is 5.32 Å². The summed E-state index contributed by atoms with van der Waals surface area (Å²) in [7, 11) is -4.40. The van der Waals surface area contributed by atoms with Crippen molar-refractivity contribution in [2.75, 3.05) is 5.75 Å². The van der Waals surface area contributed by atoms with Gasteiger partial charge in [-0.1, -0.05) is 226 Å². The molecule has 3 atom stereocenters. The lowest BCUT2D eigenvalue weighted by Gasteiger charge is -2.24. The lowest BCUT2D eigenvalue weighted by molar-refractivity contribution is -0.131. The molecule has 0 saturated heterocycles. The molecule has 0 aliphatic heterocycles. The molecule has 0 saturated carbocycles. The first-order chi connectivity index (χ1) is 24.2. The third kappa shape index (κ3) is 35.7. The zero-order chi connectivity index (χ0) is 37.0. The number of amides is 1. The fourth-order valence-corrected chi connectivity index (χ4v) is 7.81. The van der Waals surface area contributed by atoms with Gasteiger partial charge in [-0.15, -0.1) is 0 Å². The minimum absolute atomic E-state index is 0.304. The van der Waals surface area contributed by atoms with Gasteiger partial charge in [-0.05, 0) is 12.8 Å². The second-order valence-electron chi connectivity index (χ2n) is 15.5. The van der Waals surface area contributed by atoms with Crippen molar-refractivity contribution in [3.05, 3.63) is 0 Å². The van der Waals surface area contributed by atoms with Gasteiger partial charge in [0, 0.05) is 0 Å².